The Bertz CT molecular complexity index is 728. The van der Waals surface area contributed by atoms with Crippen molar-refractivity contribution in [1.82, 2.24) is 4.90 Å². The predicted octanol–water partition coefficient (Wildman–Crippen LogP) is 4.04. The van der Waals surface area contributed by atoms with Gasteiger partial charge in [-0.3, -0.25) is 4.90 Å². The summed E-state index contributed by atoms with van der Waals surface area (Å²) in [4.78, 5) is 13.6. The number of aromatic carboxylic acids is 1. The number of rotatable bonds is 6. The molecule has 0 amide bonds. The molecule has 2 aromatic carbocycles. The Hall–Kier alpha value is -2.57. The van der Waals surface area contributed by atoms with Gasteiger partial charge < -0.3 is 5.11 Å². The van der Waals surface area contributed by atoms with E-state index in [2.05, 4.69) is 30.6 Å². The van der Waals surface area contributed by atoms with E-state index in [0.717, 1.165) is 17.5 Å². The number of nitrogens with zero attached hydrogens (tertiary/aromatic N) is 1. The number of hydrogen-bond donors (Lipinski definition) is 1. The van der Waals surface area contributed by atoms with Crippen molar-refractivity contribution >= 4 is 5.97 Å². The fourth-order valence-electron chi connectivity index (χ4n) is 2.48. The van der Waals surface area contributed by atoms with E-state index >= 15 is 0 Å². The Kier molecular flexibility index (Phi) is 6.60. The van der Waals surface area contributed by atoms with Crippen LogP contribution in [0.15, 0.2) is 54.6 Å². The first-order valence-corrected chi connectivity index (χ1v) is 8.21. The Morgan fingerprint density at radius 2 is 1.79 bits per heavy atom. The molecular formula is C21H23NO2. The van der Waals surface area contributed by atoms with Gasteiger partial charge in [-0.25, -0.2) is 4.79 Å². The Labute approximate surface area is 143 Å². The lowest BCUT2D eigenvalue weighted by molar-refractivity contribution is 0.0694. The fraction of sp³-hybridized carbons (Fsp3) is 0.286. The molecule has 0 aliphatic heterocycles. The largest absolute Gasteiger partial charge is 0.478 e. The van der Waals surface area contributed by atoms with Crippen molar-refractivity contribution in [2.45, 2.75) is 32.9 Å². The summed E-state index contributed by atoms with van der Waals surface area (Å²) in [7, 11) is 0. The van der Waals surface area contributed by atoms with Crippen molar-refractivity contribution in [3.8, 4) is 11.8 Å². The summed E-state index contributed by atoms with van der Waals surface area (Å²) in [5, 5.41) is 9.35. The zero-order valence-electron chi connectivity index (χ0n) is 14.2. The zero-order valence-corrected chi connectivity index (χ0v) is 14.2. The minimum absolute atomic E-state index is 0.330. The Morgan fingerprint density at radius 1 is 1.12 bits per heavy atom. The third-order valence-corrected chi connectivity index (χ3v) is 4.12. The molecule has 1 N–H and O–H groups in total. The average Bonchev–Trinajstić information content (AvgIpc) is 2.61. The standard InChI is InChI=1S/C21H23NO2/c1-3-17(2)22(15-9-12-18-10-5-4-6-11-18)16-19-13-7-8-14-20(19)21(23)24/h4-8,10-11,13-14,17H,3,15-16H2,1-2H3,(H,23,24)/t17-/m0/s1. The minimum atomic E-state index is -0.884. The topological polar surface area (TPSA) is 40.5 Å². The monoisotopic (exact) mass is 321 g/mol. The molecule has 0 radical (unpaired) electrons. The Balaban J connectivity index is 2.15. The van der Waals surface area contributed by atoms with Crippen molar-refractivity contribution in [3.63, 3.8) is 0 Å². The SMILES string of the molecule is CC[C@H](C)N(CC#Cc1ccccc1)Cc1ccccc1C(=O)O. The van der Waals surface area contributed by atoms with Gasteiger partial charge in [-0.1, -0.05) is 55.2 Å². The average molecular weight is 321 g/mol. The van der Waals surface area contributed by atoms with Crippen LogP contribution in [0.4, 0.5) is 0 Å². The van der Waals surface area contributed by atoms with E-state index in [1.54, 1.807) is 12.1 Å². The zero-order chi connectivity index (χ0) is 17.4. The van der Waals surface area contributed by atoms with E-state index in [-0.39, 0.29) is 0 Å². The fourth-order valence-corrected chi connectivity index (χ4v) is 2.48. The van der Waals surface area contributed by atoms with Crippen LogP contribution in [0.2, 0.25) is 0 Å². The number of carbonyl (C=O) groups is 1. The van der Waals surface area contributed by atoms with Gasteiger partial charge in [0.25, 0.3) is 0 Å². The maximum Gasteiger partial charge on any atom is 0.336 e. The van der Waals surface area contributed by atoms with Crippen LogP contribution in [-0.4, -0.2) is 28.6 Å². The van der Waals surface area contributed by atoms with Crippen LogP contribution in [0, 0.1) is 11.8 Å². The molecule has 0 heterocycles. The van der Waals surface area contributed by atoms with E-state index in [1.165, 1.54) is 0 Å². The summed E-state index contributed by atoms with van der Waals surface area (Å²) in [6.45, 7) is 5.47. The molecule has 0 bridgehead atoms. The van der Waals surface area contributed by atoms with Crippen LogP contribution < -0.4 is 0 Å². The molecule has 2 aromatic rings. The van der Waals surface area contributed by atoms with E-state index in [0.29, 0.717) is 24.7 Å². The lowest BCUT2D eigenvalue weighted by Gasteiger charge is -2.27. The molecule has 3 nitrogen and oxygen atoms in total. The molecule has 24 heavy (non-hydrogen) atoms. The predicted molar refractivity (Wildman–Crippen MR) is 96.9 cm³/mol. The summed E-state index contributed by atoms with van der Waals surface area (Å²) in [5.74, 6) is 5.50. The molecular weight excluding hydrogens is 298 g/mol. The summed E-state index contributed by atoms with van der Waals surface area (Å²) < 4.78 is 0. The summed E-state index contributed by atoms with van der Waals surface area (Å²) in [5.41, 5.74) is 2.18. The van der Waals surface area contributed by atoms with E-state index in [9.17, 15) is 9.90 Å². The van der Waals surface area contributed by atoms with E-state index in [1.807, 2.05) is 42.5 Å². The second kappa shape index (κ2) is 8.90. The summed E-state index contributed by atoms with van der Waals surface area (Å²) in [6.07, 6.45) is 0.988. The second-order valence-corrected chi connectivity index (χ2v) is 5.79. The molecule has 0 aliphatic carbocycles. The highest BCUT2D eigenvalue weighted by atomic mass is 16.4. The molecule has 0 aromatic heterocycles. The molecule has 3 heteroatoms. The van der Waals surface area contributed by atoms with Gasteiger partial charge in [-0.05, 0) is 37.1 Å². The van der Waals surface area contributed by atoms with Gasteiger partial charge in [0.15, 0.2) is 0 Å². The van der Waals surface area contributed by atoms with Crippen LogP contribution in [0.25, 0.3) is 0 Å². The van der Waals surface area contributed by atoms with Crippen molar-refractivity contribution in [2.24, 2.45) is 0 Å². The van der Waals surface area contributed by atoms with E-state index in [4.69, 9.17) is 0 Å². The maximum absolute atomic E-state index is 11.4. The van der Waals surface area contributed by atoms with Gasteiger partial charge in [-0.2, -0.15) is 0 Å². The van der Waals surface area contributed by atoms with Crippen molar-refractivity contribution < 1.29 is 9.90 Å². The Morgan fingerprint density at radius 3 is 2.46 bits per heavy atom. The lowest BCUT2D eigenvalue weighted by atomic mass is 10.1. The van der Waals surface area contributed by atoms with E-state index < -0.39 is 5.97 Å². The quantitative estimate of drug-likeness (QED) is 0.816. The van der Waals surface area contributed by atoms with Crippen LogP contribution >= 0.6 is 0 Å². The third kappa shape index (κ3) is 4.97. The molecule has 124 valence electrons. The summed E-state index contributed by atoms with van der Waals surface area (Å²) in [6, 6.07) is 17.4. The molecule has 0 saturated carbocycles. The molecule has 1 atom stereocenters. The third-order valence-electron chi connectivity index (χ3n) is 4.12. The summed E-state index contributed by atoms with van der Waals surface area (Å²) >= 11 is 0. The molecule has 0 aliphatic rings. The van der Waals surface area contributed by atoms with Crippen molar-refractivity contribution in [3.05, 3.63) is 71.3 Å². The van der Waals surface area contributed by atoms with Crippen LogP contribution in [0.1, 0.15) is 41.8 Å². The van der Waals surface area contributed by atoms with Gasteiger partial charge in [0, 0.05) is 18.2 Å². The molecule has 2 rings (SSSR count). The number of carboxylic acid groups (broad SMARTS) is 1. The van der Waals surface area contributed by atoms with Crippen LogP contribution in [0.3, 0.4) is 0 Å². The highest BCUT2D eigenvalue weighted by Crippen LogP contribution is 2.15. The molecule has 0 spiro atoms. The first kappa shape index (κ1) is 17.8. The van der Waals surface area contributed by atoms with Crippen molar-refractivity contribution in [2.75, 3.05) is 6.54 Å². The maximum atomic E-state index is 11.4. The molecule has 0 fully saturated rings. The van der Waals surface area contributed by atoms with Gasteiger partial charge in [0.2, 0.25) is 0 Å². The van der Waals surface area contributed by atoms with Crippen LogP contribution in [0.5, 0.6) is 0 Å². The number of hydrogen-bond acceptors (Lipinski definition) is 2. The number of carboxylic acids is 1. The minimum Gasteiger partial charge on any atom is -0.478 e. The molecule has 0 saturated heterocycles. The highest BCUT2D eigenvalue weighted by Gasteiger charge is 2.15. The van der Waals surface area contributed by atoms with Gasteiger partial charge in [-0.15, -0.1) is 0 Å². The van der Waals surface area contributed by atoms with Crippen LogP contribution in [-0.2, 0) is 6.54 Å². The highest BCUT2D eigenvalue weighted by molar-refractivity contribution is 5.89. The smallest absolute Gasteiger partial charge is 0.336 e. The van der Waals surface area contributed by atoms with Gasteiger partial charge in [0.1, 0.15) is 0 Å². The van der Waals surface area contributed by atoms with Crippen molar-refractivity contribution in [1.29, 1.82) is 0 Å². The molecule has 0 unspecified atom stereocenters. The second-order valence-electron chi connectivity index (χ2n) is 5.79. The first-order chi connectivity index (χ1) is 11.6. The normalized spacial score (nSPS) is 11.6. The van der Waals surface area contributed by atoms with Gasteiger partial charge in [0.05, 0.1) is 12.1 Å². The van der Waals surface area contributed by atoms with Gasteiger partial charge >= 0.3 is 5.97 Å². The lowest BCUT2D eigenvalue weighted by Crippen LogP contribution is -2.33. The number of benzene rings is 2. The first-order valence-electron chi connectivity index (χ1n) is 8.21.